The standard InChI is InChI=1S/C25H32N4O5/c1-25(2,3)34-24(31)28(4)20-9-10-22-27-16-21(29(22)17-20)18-7-6-8-19(15-18)23(30)26-11-12-33-14-13-32-5/h6-10,15-17H,11-14H2,1-5H3,(H,26,30). The number of ether oxygens (including phenoxy) is 3. The summed E-state index contributed by atoms with van der Waals surface area (Å²) in [4.78, 5) is 31.0. The molecule has 3 rings (SSSR count). The minimum atomic E-state index is -0.591. The smallest absolute Gasteiger partial charge is 0.414 e. The number of amides is 2. The van der Waals surface area contributed by atoms with Crippen LogP contribution in [0.15, 0.2) is 48.8 Å². The Morgan fingerprint density at radius 2 is 1.91 bits per heavy atom. The molecule has 0 aliphatic rings. The third-order valence-electron chi connectivity index (χ3n) is 4.93. The number of fused-ring (bicyclic) bond motifs is 1. The maximum Gasteiger partial charge on any atom is 0.414 e. The molecule has 2 heterocycles. The Kier molecular flexibility index (Phi) is 8.25. The number of nitrogens with one attached hydrogen (secondary N) is 1. The Hall–Kier alpha value is -3.43. The van der Waals surface area contributed by atoms with Crippen LogP contribution in [0.1, 0.15) is 31.1 Å². The Morgan fingerprint density at radius 1 is 1.12 bits per heavy atom. The molecule has 9 nitrogen and oxygen atoms in total. The zero-order valence-corrected chi connectivity index (χ0v) is 20.3. The molecule has 0 unspecified atom stereocenters. The van der Waals surface area contributed by atoms with E-state index >= 15 is 0 Å². The summed E-state index contributed by atoms with van der Waals surface area (Å²) in [5.74, 6) is -0.184. The molecule has 1 N–H and O–H groups in total. The number of carbonyl (C=O) groups is 2. The quantitative estimate of drug-likeness (QED) is 0.481. The number of hydrogen-bond acceptors (Lipinski definition) is 6. The van der Waals surface area contributed by atoms with E-state index in [0.29, 0.717) is 37.6 Å². The molecule has 0 spiro atoms. The Bertz CT molecular complexity index is 1140. The first-order valence-corrected chi connectivity index (χ1v) is 11.1. The van der Waals surface area contributed by atoms with E-state index in [-0.39, 0.29) is 5.91 Å². The molecule has 0 bridgehead atoms. The fraction of sp³-hybridized carbons (Fsp3) is 0.400. The SMILES string of the molecule is COCCOCCNC(=O)c1cccc(-c2cnc3ccc(N(C)C(=O)OC(C)(C)C)cn23)c1. The van der Waals surface area contributed by atoms with Crippen molar-refractivity contribution < 1.29 is 23.8 Å². The van der Waals surface area contributed by atoms with Crippen molar-refractivity contribution in [1.29, 1.82) is 0 Å². The van der Waals surface area contributed by atoms with Gasteiger partial charge in [0.05, 0.1) is 37.4 Å². The monoisotopic (exact) mass is 468 g/mol. The van der Waals surface area contributed by atoms with Gasteiger partial charge in [-0.15, -0.1) is 0 Å². The van der Waals surface area contributed by atoms with Crippen LogP contribution >= 0.6 is 0 Å². The number of carbonyl (C=O) groups excluding carboxylic acids is 2. The highest BCUT2D eigenvalue weighted by Crippen LogP contribution is 2.25. The fourth-order valence-electron chi connectivity index (χ4n) is 3.22. The van der Waals surface area contributed by atoms with E-state index < -0.39 is 11.7 Å². The predicted molar refractivity (Wildman–Crippen MR) is 130 cm³/mol. The molecule has 0 saturated carbocycles. The van der Waals surface area contributed by atoms with Gasteiger partial charge in [0, 0.05) is 38.0 Å². The summed E-state index contributed by atoms with van der Waals surface area (Å²) in [5, 5.41) is 2.86. The molecule has 0 fully saturated rings. The van der Waals surface area contributed by atoms with Crippen molar-refractivity contribution in [2.75, 3.05) is 45.4 Å². The third kappa shape index (κ3) is 6.55. The maximum atomic E-state index is 12.6. The van der Waals surface area contributed by atoms with Gasteiger partial charge in [-0.25, -0.2) is 9.78 Å². The summed E-state index contributed by atoms with van der Waals surface area (Å²) in [6.45, 7) is 7.30. The second-order valence-corrected chi connectivity index (χ2v) is 8.74. The number of hydrogen-bond donors (Lipinski definition) is 1. The van der Waals surface area contributed by atoms with Gasteiger partial charge >= 0.3 is 6.09 Å². The minimum Gasteiger partial charge on any atom is -0.443 e. The number of benzene rings is 1. The summed E-state index contributed by atoms with van der Waals surface area (Å²) in [7, 11) is 3.28. The topological polar surface area (TPSA) is 94.4 Å². The summed E-state index contributed by atoms with van der Waals surface area (Å²) in [6.07, 6.45) is 3.12. The number of methoxy groups -OCH3 is 1. The molecular formula is C25H32N4O5. The van der Waals surface area contributed by atoms with Gasteiger partial charge in [-0.05, 0) is 45.0 Å². The van der Waals surface area contributed by atoms with Crippen molar-refractivity contribution in [3.05, 3.63) is 54.4 Å². The van der Waals surface area contributed by atoms with Crippen LogP contribution in [0.25, 0.3) is 16.9 Å². The van der Waals surface area contributed by atoms with E-state index in [1.807, 2.05) is 61.7 Å². The first kappa shape index (κ1) is 25.2. The lowest BCUT2D eigenvalue weighted by molar-refractivity contribution is 0.0589. The summed E-state index contributed by atoms with van der Waals surface area (Å²) in [6, 6.07) is 11.0. The molecule has 3 aromatic rings. The van der Waals surface area contributed by atoms with Gasteiger partial charge in [-0.2, -0.15) is 0 Å². The Balaban J connectivity index is 1.77. The van der Waals surface area contributed by atoms with Gasteiger partial charge in [-0.3, -0.25) is 14.1 Å². The lowest BCUT2D eigenvalue weighted by Gasteiger charge is -2.24. The van der Waals surface area contributed by atoms with E-state index in [4.69, 9.17) is 14.2 Å². The lowest BCUT2D eigenvalue weighted by Crippen LogP contribution is -2.34. The van der Waals surface area contributed by atoms with Crippen LogP contribution in [0.2, 0.25) is 0 Å². The number of nitrogens with zero attached hydrogens (tertiary/aromatic N) is 3. The second-order valence-electron chi connectivity index (χ2n) is 8.74. The van der Waals surface area contributed by atoms with E-state index in [9.17, 15) is 9.59 Å². The van der Waals surface area contributed by atoms with Gasteiger partial charge in [0.1, 0.15) is 11.2 Å². The maximum absolute atomic E-state index is 12.6. The van der Waals surface area contributed by atoms with Crippen molar-refractivity contribution >= 4 is 23.3 Å². The zero-order valence-electron chi connectivity index (χ0n) is 20.3. The van der Waals surface area contributed by atoms with Gasteiger partial charge in [0.2, 0.25) is 0 Å². The minimum absolute atomic E-state index is 0.184. The molecule has 0 aliphatic carbocycles. The third-order valence-corrected chi connectivity index (χ3v) is 4.93. The molecule has 2 amide bonds. The van der Waals surface area contributed by atoms with Crippen molar-refractivity contribution in [3.63, 3.8) is 0 Å². The Labute approximate surface area is 199 Å². The van der Waals surface area contributed by atoms with Crippen molar-refractivity contribution in [2.24, 2.45) is 0 Å². The van der Waals surface area contributed by atoms with Crippen molar-refractivity contribution in [3.8, 4) is 11.3 Å². The molecule has 1 aromatic carbocycles. The van der Waals surface area contributed by atoms with E-state index in [1.54, 1.807) is 26.4 Å². The van der Waals surface area contributed by atoms with Crippen LogP contribution in [0.5, 0.6) is 0 Å². The van der Waals surface area contributed by atoms with Crippen LogP contribution in [0, 0.1) is 0 Å². The average molecular weight is 469 g/mol. The first-order valence-electron chi connectivity index (χ1n) is 11.1. The van der Waals surface area contributed by atoms with E-state index in [0.717, 1.165) is 16.9 Å². The first-order chi connectivity index (χ1) is 16.2. The largest absolute Gasteiger partial charge is 0.443 e. The number of imidazole rings is 1. The molecule has 2 aromatic heterocycles. The predicted octanol–water partition coefficient (Wildman–Crippen LogP) is 3.77. The van der Waals surface area contributed by atoms with Gasteiger partial charge in [-0.1, -0.05) is 12.1 Å². The van der Waals surface area contributed by atoms with Crippen LogP contribution < -0.4 is 10.2 Å². The summed E-state index contributed by atoms with van der Waals surface area (Å²) < 4.78 is 17.7. The van der Waals surface area contributed by atoms with Gasteiger partial charge < -0.3 is 19.5 Å². The normalized spacial score (nSPS) is 11.4. The summed E-state index contributed by atoms with van der Waals surface area (Å²) >= 11 is 0. The van der Waals surface area contributed by atoms with Gasteiger partial charge in [0.25, 0.3) is 5.91 Å². The zero-order chi connectivity index (χ0) is 24.7. The highest BCUT2D eigenvalue weighted by atomic mass is 16.6. The molecule has 0 aliphatic heterocycles. The molecule has 0 atom stereocenters. The molecule has 9 heteroatoms. The molecular weight excluding hydrogens is 436 g/mol. The molecule has 182 valence electrons. The van der Waals surface area contributed by atoms with Crippen LogP contribution in [-0.4, -0.2) is 67.5 Å². The van der Waals surface area contributed by atoms with Crippen molar-refractivity contribution in [1.82, 2.24) is 14.7 Å². The molecule has 34 heavy (non-hydrogen) atoms. The lowest BCUT2D eigenvalue weighted by atomic mass is 10.1. The summed E-state index contributed by atoms with van der Waals surface area (Å²) in [5.41, 5.74) is 2.95. The Morgan fingerprint density at radius 3 is 2.65 bits per heavy atom. The van der Waals surface area contributed by atoms with E-state index in [1.165, 1.54) is 4.90 Å². The van der Waals surface area contributed by atoms with Crippen molar-refractivity contribution in [2.45, 2.75) is 26.4 Å². The number of pyridine rings is 1. The second kappa shape index (κ2) is 11.1. The fourth-order valence-corrected chi connectivity index (χ4v) is 3.22. The highest BCUT2D eigenvalue weighted by molar-refractivity contribution is 5.95. The number of anilines is 1. The van der Waals surface area contributed by atoms with Gasteiger partial charge in [0.15, 0.2) is 0 Å². The molecule has 0 radical (unpaired) electrons. The van der Waals surface area contributed by atoms with Crippen LogP contribution in [0.3, 0.4) is 0 Å². The average Bonchev–Trinajstić information content (AvgIpc) is 3.23. The van der Waals surface area contributed by atoms with Crippen LogP contribution in [-0.2, 0) is 14.2 Å². The highest BCUT2D eigenvalue weighted by Gasteiger charge is 2.21. The van der Waals surface area contributed by atoms with Crippen LogP contribution in [0.4, 0.5) is 10.5 Å². The number of rotatable bonds is 9. The molecule has 0 saturated heterocycles. The van der Waals surface area contributed by atoms with E-state index in [2.05, 4.69) is 10.3 Å². The number of aromatic nitrogens is 2.